The molecule has 0 saturated heterocycles. The zero-order valence-electron chi connectivity index (χ0n) is 11.9. The maximum atomic E-state index is 12.4. The van der Waals surface area contributed by atoms with Crippen LogP contribution in [-0.2, 0) is 20.5 Å². The first-order chi connectivity index (χ1) is 9.55. The highest BCUT2D eigenvalue weighted by Crippen LogP contribution is 2.14. The second-order valence-corrected chi connectivity index (χ2v) is 6.18. The lowest BCUT2D eigenvalue weighted by Gasteiger charge is -2.20. The number of nitriles is 1. The normalized spacial score (nSPS) is 11.5. The molecule has 0 unspecified atom stereocenters. The van der Waals surface area contributed by atoms with Gasteiger partial charge in [0.1, 0.15) is 0 Å². The Morgan fingerprint density at radius 1 is 1.30 bits per heavy atom. The van der Waals surface area contributed by atoms with Crippen LogP contribution < -0.4 is 0 Å². The predicted octanol–water partition coefficient (Wildman–Crippen LogP) is 1.75. The first kappa shape index (κ1) is 16.6. The molecule has 0 saturated carbocycles. The van der Waals surface area contributed by atoms with Gasteiger partial charge in [0.05, 0.1) is 24.0 Å². The van der Waals surface area contributed by atoms with Crippen LogP contribution in [-0.4, -0.2) is 39.0 Å². The molecule has 110 valence electrons. The topological polar surface area (TPSA) is 70.4 Å². The minimum atomic E-state index is -3.44. The summed E-state index contributed by atoms with van der Waals surface area (Å²) >= 11 is 0. The highest BCUT2D eigenvalue weighted by Gasteiger charge is 2.21. The fourth-order valence-corrected chi connectivity index (χ4v) is 3.42. The van der Waals surface area contributed by atoms with Crippen LogP contribution in [0.1, 0.15) is 25.0 Å². The van der Waals surface area contributed by atoms with Gasteiger partial charge < -0.3 is 4.74 Å². The van der Waals surface area contributed by atoms with Gasteiger partial charge in [-0.25, -0.2) is 8.42 Å². The van der Waals surface area contributed by atoms with Crippen LogP contribution >= 0.6 is 0 Å². The Balaban J connectivity index is 2.84. The second kappa shape index (κ2) is 8.00. The number of likely N-dealkylation sites (N-methyl/N-ethyl adjacent to an activating group) is 1. The number of rotatable bonds is 8. The molecule has 1 rings (SSSR count). The summed E-state index contributed by atoms with van der Waals surface area (Å²) in [5.74, 6) is -0.156. The Kier molecular flexibility index (Phi) is 6.65. The number of nitrogens with zero attached hydrogens (tertiary/aromatic N) is 2. The minimum absolute atomic E-state index is 0.156. The smallest absolute Gasteiger partial charge is 0.218 e. The molecule has 1 aromatic carbocycles. The van der Waals surface area contributed by atoms with Crippen LogP contribution in [0, 0.1) is 11.3 Å². The van der Waals surface area contributed by atoms with Gasteiger partial charge in [-0.15, -0.1) is 0 Å². The van der Waals surface area contributed by atoms with Crippen LogP contribution in [0.3, 0.4) is 0 Å². The first-order valence-corrected chi connectivity index (χ1v) is 8.19. The summed E-state index contributed by atoms with van der Waals surface area (Å²) in [7, 11) is -3.44. The molecule has 1 aromatic rings. The molecule has 0 spiro atoms. The molecule has 0 N–H and O–H groups in total. The van der Waals surface area contributed by atoms with E-state index in [1.807, 2.05) is 13.0 Å². The van der Waals surface area contributed by atoms with Gasteiger partial charge in [0.2, 0.25) is 10.0 Å². The summed E-state index contributed by atoms with van der Waals surface area (Å²) in [6, 6.07) is 8.78. The second-order valence-electron chi connectivity index (χ2n) is 4.21. The quantitative estimate of drug-likeness (QED) is 0.685. The molecule has 0 aliphatic heterocycles. The van der Waals surface area contributed by atoms with Gasteiger partial charge in [-0.2, -0.15) is 9.57 Å². The number of ether oxygens (including phenoxy) is 1. The standard InChI is InChI=1S/C14H20N2O3S/c1-3-16(9-10-19-4-2)20(17,18)12-14-8-6-5-7-13(14)11-15/h5-8H,3-4,9-10,12H2,1-2H3. The zero-order chi connectivity index (χ0) is 15.0. The van der Waals surface area contributed by atoms with E-state index in [1.165, 1.54) is 4.31 Å². The Labute approximate surface area is 120 Å². The van der Waals surface area contributed by atoms with Crippen molar-refractivity contribution >= 4 is 10.0 Å². The van der Waals surface area contributed by atoms with Crippen LogP contribution in [0.4, 0.5) is 0 Å². The van der Waals surface area contributed by atoms with Gasteiger partial charge in [-0.1, -0.05) is 25.1 Å². The molecule has 0 aromatic heterocycles. The van der Waals surface area contributed by atoms with E-state index >= 15 is 0 Å². The van der Waals surface area contributed by atoms with E-state index in [-0.39, 0.29) is 5.75 Å². The summed E-state index contributed by atoms with van der Waals surface area (Å²) in [5, 5.41) is 9.01. The van der Waals surface area contributed by atoms with E-state index in [9.17, 15) is 8.42 Å². The summed E-state index contributed by atoms with van der Waals surface area (Å²) in [6.07, 6.45) is 0. The molecule has 0 aliphatic carbocycles. The van der Waals surface area contributed by atoms with Crippen LogP contribution in [0.2, 0.25) is 0 Å². The van der Waals surface area contributed by atoms with Crippen molar-refractivity contribution < 1.29 is 13.2 Å². The van der Waals surface area contributed by atoms with Gasteiger partial charge in [0, 0.05) is 19.7 Å². The predicted molar refractivity (Wildman–Crippen MR) is 77.5 cm³/mol. The van der Waals surface area contributed by atoms with Gasteiger partial charge in [-0.3, -0.25) is 0 Å². The van der Waals surface area contributed by atoms with Crippen LogP contribution in [0.15, 0.2) is 24.3 Å². The van der Waals surface area contributed by atoms with Crippen LogP contribution in [0.5, 0.6) is 0 Å². The SMILES string of the molecule is CCOCCN(CC)S(=O)(=O)Cc1ccccc1C#N. The number of hydrogen-bond acceptors (Lipinski definition) is 4. The first-order valence-electron chi connectivity index (χ1n) is 6.58. The third-order valence-electron chi connectivity index (χ3n) is 2.91. The van der Waals surface area contributed by atoms with E-state index in [2.05, 4.69) is 0 Å². The molecule has 0 aliphatic rings. The van der Waals surface area contributed by atoms with E-state index in [0.29, 0.717) is 37.4 Å². The number of hydrogen-bond donors (Lipinski definition) is 0. The van der Waals surface area contributed by atoms with Crippen molar-refractivity contribution in [1.82, 2.24) is 4.31 Å². The molecule has 0 radical (unpaired) electrons. The molecule has 0 amide bonds. The molecule has 0 bridgehead atoms. The molecule has 0 atom stereocenters. The molecule has 6 heteroatoms. The summed E-state index contributed by atoms with van der Waals surface area (Å²) in [5.41, 5.74) is 0.932. The summed E-state index contributed by atoms with van der Waals surface area (Å²) in [4.78, 5) is 0. The number of sulfonamides is 1. The lowest BCUT2D eigenvalue weighted by Crippen LogP contribution is -2.35. The Bertz CT molecular complexity index is 564. The monoisotopic (exact) mass is 296 g/mol. The maximum absolute atomic E-state index is 12.4. The van der Waals surface area contributed by atoms with Crippen molar-refractivity contribution in [2.24, 2.45) is 0 Å². The molecule has 0 fully saturated rings. The average molecular weight is 296 g/mol. The van der Waals surface area contributed by atoms with E-state index in [1.54, 1.807) is 31.2 Å². The maximum Gasteiger partial charge on any atom is 0.218 e. The van der Waals surface area contributed by atoms with Gasteiger partial charge >= 0.3 is 0 Å². The zero-order valence-corrected chi connectivity index (χ0v) is 12.7. The fourth-order valence-electron chi connectivity index (χ4n) is 1.85. The average Bonchev–Trinajstić information content (AvgIpc) is 2.43. The van der Waals surface area contributed by atoms with Gasteiger partial charge in [0.25, 0.3) is 0 Å². The molecule has 5 nitrogen and oxygen atoms in total. The summed E-state index contributed by atoms with van der Waals surface area (Å²) < 4.78 is 31.3. The molecule has 20 heavy (non-hydrogen) atoms. The van der Waals surface area contributed by atoms with E-state index in [4.69, 9.17) is 10.00 Å². The third-order valence-corrected chi connectivity index (χ3v) is 4.81. The minimum Gasteiger partial charge on any atom is -0.380 e. The lowest BCUT2D eigenvalue weighted by molar-refractivity contribution is 0.135. The Morgan fingerprint density at radius 3 is 2.60 bits per heavy atom. The largest absolute Gasteiger partial charge is 0.380 e. The summed E-state index contributed by atoms with van der Waals surface area (Å²) in [6.45, 7) is 5.33. The highest BCUT2D eigenvalue weighted by molar-refractivity contribution is 7.88. The van der Waals surface area contributed by atoms with Crippen molar-refractivity contribution in [3.63, 3.8) is 0 Å². The Hall–Kier alpha value is -1.42. The molecular weight excluding hydrogens is 276 g/mol. The van der Waals surface area contributed by atoms with Crippen molar-refractivity contribution in [2.75, 3.05) is 26.3 Å². The Morgan fingerprint density at radius 2 is 2.00 bits per heavy atom. The van der Waals surface area contributed by atoms with Crippen LogP contribution in [0.25, 0.3) is 0 Å². The van der Waals surface area contributed by atoms with E-state index in [0.717, 1.165) is 0 Å². The molecule has 0 heterocycles. The third kappa shape index (κ3) is 4.60. The van der Waals surface area contributed by atoms with Gasteiger partial charge in [-0.05, 0) is 18.6 Å². The van der Waals surface area contributed by atoms with E-state index < -0.39 is 10.0 Å². The van der Waals surface area contributed by atoms with Crippen molar-refractivity contribution in [1.29, 1.82) is 5.26 Å². The van der Waals surface area contributed by atoms with Crippen molar-refractivity contribution in [3.8, 4) is 6.07 Å². The highest BCUT2D eigenvalue weighted by atomic mass is 32.2. The van der Waals surface area contributed by atoms with Crippen molar-refractivity contribution in [3.05, 3.63) is 35.4 Å². The lowest BCUT2D eigenvalue weighted by atomic mass is 10.1. The van der Waals surface area contributed by atoms with Gasteiger partial charge in [0.15, 0.2) is 0 Å². The number of benzene rings is 1. The molecular formula is C14H20N2O3S. The van der Waals surface area contributed by atoms with Crippen molar-refractivity contribution in [2.45, 2.75) is 19.6 Å². The fraction of sp³-hybridized carbons (Fsp3) is 0.500.